The molecular weight excluding hydrogens is 234 g/mol. The molecule has 3 heteroatoms. The molecule has 1 unspecified atom stereocenters. The van der Waals surface area contributed by atoms with Crippen LogP contribution in [0, 0.1) is 13.8 Å². The van der Waals surface area contributed by atoms with Crippen LogP contribution in [0.2, 0.25) is 0 Å². The molecule has 1 fully saturated rings. The first-order valence-corrected chi connectivity index (χ1v) is 7.06. The van der Waals surface area contributed by atoms with Crippen molar-refractivity contribution in [1.29, 1.82) is 0 Å². The molecule has 1 aliphatic heterocycles. The van der Waals surface area contributed by atoms with E-state index in [1.54, 1.807) is 0 Å². The van der Waals surface area contributed by atoms with Crippen molar-refractivity contribution in [3.8, 4) is 11.3 Å². The second-order valence-corrected chi connectivity index (χ2v) is 5.60. The van der Waals surface area contributed by atoms with Gasteiger partial charge >= 0.3 is 0 Å². The van der Waals surface area contributed by atoms with Crippen LogP contribution >= 0.6 is 0 Å². The Balaban J connectivity index is 1.87. The van der Waals surface area contributed by atoms with Gasteiger partial charge in [0.1, 0.15) is 5.82 Å². The summed E-state index contributed by atoms with van der Waals surface area (Å²) < 4.78 is 0. The highest BCUT2D eigenvalue weighted by atomic mass is 15.0. The molecule has 1 aliphatic rings. The van der Waals surface area contributed by atoms with Crippen molar-refractivity contribution in [3.05, 3.63) is 41.3 Å². The van der Waals surface area contributed by atoms with Crippen molar-refractivity contribution in [2.45, 2.75) is 32.6 Å². The highest BCUT2D eigenvalue weighted by molar-refractivity contribution is 5.60. The predicted molar refractivity (Wildman–Crippen MR) is 78.3 cm³/mol. The van der Waals surface area contributed by atoms with Crippen molar-refractivity contribution in [2.75, 3.05) is 13.1 Å². The average Bonchev–Trinajstić information content (AvgIpc) is 2.88. The molecule has 1 atom stereocenters. The molecule has 2 N–H and O–H groups in total. The van der Waals surface area contributed by atoms with E-state index in [1.165, 1.54) is 29.5 Å². The van der Waals surface area contributed by atoms with Crippen LogP contribution in [0.3, 0.4) is 0 Å². The van der Waals surface area contributed by atoms with Crippen LogP contribution in [0.25, 0.3) is 11.3 Å². The van der Waals surface area contributed by atoms with Gasteiger partial charge < -0.3 is 10.3 Å². The number of benzene rings is 1. The zero-order chi connectivity index (χ0) is 13.2. The highest BCUT2D eigenvalue weighted by Gasteiger charge is 2.18. The third-order valence-electron chi connectivity index (χ3n) is 3.81. The Morgan fingerprint density at radius 2 is 1.95 bits per heavy atom. The molecule has 100 valence electrons. The lowest BCUT2D eigenvalue weighted by Gasteiger charge is -2.20. The lowest BCUT2D eigenvalue weighted by molar-refractivity contribution is 0.449. The molecule has 2 aromatic rings. The number of nitrogens with zero attached hydrogens (tertiary/aromatic N) is 1. The van der Waals surface area contributed by atoms with Crippen LogP contribution in [0.4, 0.5) is 0 Å². The van der Waals surface area contributed by atoms with E-state index in [2.05, 4.69) is 47.3 Å². The average molecular weight is 255 g/mol. The van der Waals surface area contributed by atoms with Crippen molar-refractivity contribution in [2.24, 2.45) is 0 Å². The normalized spacial score (nSPS) is 19.6. The van der Waals surface area contributed by atoms with Gasteiger partial charge in [0.05, 0.1) is 11.9 Å². The Bertz CT molecular complexity index is 545. The minimum absolute atomic E-state index is 0.536. The van der Waals surface area contributed by atoms with E-state index in [0.29, 0.717) is 5.92 Å². The standard InChI is InChI=1S/C16H21N3/c1-11-6-12(2)8-14(7-11)15-10-18-16(19-15)13-4-3-5-17-9-13/h6-8,10,13,17H,3-5,9H2,1-2H3,(H,18,19). The third kappa shape index (κ3) is 2.71. The smallest absolute Gasteiger partial charge is 0.110 e. The van der Waals surface area contributed by atoms with E-state index < -0.39 is 0 Å². The molecule has 0 aliphatic carbocycles. The molecule has 0 spiro atoms. The number of aromatic amines is 1. The summed E-state index contributed by atoms with van der Waals surface area (Å²) in [5.74, 6) is 1.66. The van der Waals surface area contributed by atoms with E-state index in [0.717, 1.165) is 24.6 Å². The van der Waals surface area contributed by atoms with E-state index in [9.17, 15) is 0 Å². The Morgan fingerprint density at radius 3 is 2.63 bits per heavy atom. The van der Waals surface area contributed by atoms with Crippen LogP contribution < -0.4 is 5.32 Å². The molecule has 2 heterocycles. The largest absolute Gasteiger partial charge is 0.342 e. The quantitative estimate of drug-likeness (QED) is 0.865. The maximum atomic E-state index is 4.58. The van der Waals surface area contributed by atoms with Gasteiger partial charge in [-0.05, 0) is 45.4 Å². The van der Waals surface area contributed by atoms with Gasteiger partial charge in [-0.15, -0.1) is 0 Å². The summed E-state index contributed by atoms with van der Waals surface area (Å²) in [6, 6.07) is 6.62. The van der Waals surface area contributed by atoms with Crippen LogP contribution in [0.5, 0.6) is 0 Å². The van der Waals surface area contributed by atoms with Crippen LogP contribution in [-0.4, -0.2) is 23.1 Å². The van der Waals surface area contributed by atoms with Crippen LogP contribution in [-0.2, 0) is 0 Å². The van der Waals surface area contributed by atoms with Gasteiger partial charge in [0.2, 0.25) is 0 Å². The summed E-state index contributed by atoms with van der Waals surface area (Å²) in [4.78, 5) is 8.08. The van der Waals surface area contributed by atoms with E-state index in [-0.39, 0.29) is 0 Å². The zero-order valence-electron chi connectivity index (χ0n) is 11.7. The van der Waals surface area contributed by atoms with Crippen molar-refractivity contribution < 1.29 is 0 Å². The van der Waals surface area contributed by atoms with Gasteiger partial charge in [-0.1, -0.05) is 17.2 Å². The van der Waals surface area contributed by atoms with Gasteiger partial charge in [0, 0.05) is 18.0 Å². The Morgan fingerprint density at radius 1 is 1.16 bits per heavy atom. The molecule has 0 radical (unpaired) electrons. The number of hydrogen-bond donors (Lipinski definition) is 2. The second kappa shape index (κ2) is 5.17. The summed E-state index contributed by atoms with van der Waals surface area (Å²) >= 11 is 0. The van der Waals surface area contributed by atoms with Gasteiger partial charge in [0.25, 0.3) is 0 Å². The van der Waals surface area contributed by atoms with Crippen molar-refractivity contribution in [1.82, 2.24) is 15.3 Å². The molecule has 0 saturated carbocycles. The lowest BCUT2D eigenvalue weighted by atomic mass is 9.99. The van der Waals surface area contributed by atoms with E-state index in [1.807, 2.05) is 6.20 Å². The monoisotopic (exact) mass is 255 g/mol. The Labute approximate surface area is 114 Å². The summed E-state index contributed by atoms with van der Waals surface area (Å²) in [7, 11) is 0. The molecule has 3 rings (SSSR count). The maximum absolute atomic E-state index is 4.58. The molecule has 0 amide bonds. The molecule has 1 saturated heterocycles. The summed E-state index contributed by atoms with van der Waals surface area (Å²) in [6.45, 7) is 6.46. The Hall–Kier alpha value is -1.61. The summed E-state index contributed by atoms with van der Waals surface area (Å²) in [5.41, 5.74) is 4.96. The minimum Gasteiger partial charge on any atom is -0.342 e. The number of H-pyrrole nitrogens is 1. The van der Waals surface area contributed by atoms with Gasteiger partial charge in [0.15, 0.2) is 0 Å². The first kappa shape index (κ1) is 12.4. The first-order valence-electron chi connectivity index (χ1n) is 7.06. The van der Waals surface area contributed by atoms with E-state index >= 15 is 0 Å². The number of piperidine rings is 1. The predicted octanol–water partition coefficient (Wildman–Crippen LogP) is 3.16. The van der Waals surface area contributed by atoms with Crippen LogP contribution in [0.1, 0.15) is 35.7 Å². The van der Waals surface area contributed by atoms with Gasteiger partial charge in [-0.2, -0.15) is 0 Å². The van der Waals surface area contributed by atoms with Crippen LogP contribution in [0.15, 0.2) is 24.4 Å². The van der Waals surface area contributed by atoms with Gasteiger partial charge in [-0.25, -0.2) is 4.98 Å². The minimum atomic E-state index is 0.536. The van der Waals surface area contributed by atoms with Crippen molar-refractivity contribution in [3.63, 3.8) is 0 Å². The molecular formula is C16H21N3. The Kier molecular flexibility index (Phi) is 3.38. The second-order valence-electron chi connectivity index (χ2n) is 5.60. The SMILES string of the molecule is Cc1cc(C)cc(-c2cnc(C3CCCNC3)[nH]2)c1. The number of hydrogen-bond acceptors (Lipinski definition) is 2. The fraction of sp³-hybridized carbons (Fsp3) is 0.438. The topological polar surface area (TPSA) is 40.7 Å². The number of imidazole rings is 1. The van der Waals surface area contributed by atoms with Gasteiger partial charge in [-0.3, -0.25) is 0 Å². The molecule has 1 aromatic heterocycles. The lowest BCUT2D eigenvalue weighted by Crippen LogP contribution is -2.28. The molecule has 1 aromatic carbocycles. The van der Waals surface area contributed by atoms with E-state index in [4.69, 9.17) is 0 Å². The molecule has 19 heavy (non-hydrogen) atoms. The third-order valence-corrected chi connectivity index (χ3v) is 3.81. The fourth-order valence-corrected chi connectivity index (χ4v) is 2.91. The molecule has 0 bridgehead atoms. The highest BCUT2D eigenvalue weighted by Crippen LogP contribution is 2.25. The maximum Gasteiger partial charge on any atom is 0.110 e. The number of nitrogens with one attached hydrogen (secondary N) is 2. The number of aromatic nitrogens is 2. The fourth-order valence-electron chi connectivity index (χ4n) is 2.91. The zero-order valence-corrected chi connectivity index (χ0v) is 11.7. The summed E-state index contributed by atoms with van der Waals surface area (Å²) in [5, 5.41) is 3.44. The van der Waals surface area contributed by atoms with Crippen molar-refractivity contribution >= 4 is 0 Å². The number of rotatable bonds is 2. The molecule has 3 nitrogen and oxygen atoms in total. The summed E-state index contributed by atoms with van der Waals surface area (Å²) in [6.07, 6.45) is 4.44. The number of aryl methyl sites for hydroxylation is 2. The first-order chi connectivity index (χ1) is 9.22.